The highest BCUT2D eigenvalue weighted by molar-refractivity contribution is 6.42. The minimum absolute atomic E-state index is 0.123. The van der Waals surface area contributed by atoms with E-state index in [-0.39, 0.29) is 18.1 Å². The van der Waals surface area contributed by atoms with Gasteiger partial charge in [-0.3, -0.25) is 4.79 Å². The number of carbonyl (C=O) groups is 1. The second-order valence-corrected chi connectivity index (χ2v) is 6.23. The highest BCUT2D eigenvalue weighted by atomic mass is 35.5. The molecule has 1 heterocycles. The summed E-state index contributed by atoms with van der Waals surface area (Å²) in [5.74, 6) is -0.383. The summed E-state index contributed by atoms with van der Waals surface area (Å²) in [7, 11) is 0. The van der Waals surface area contributed by atoms with Gasteiger partial charge in [-0.1, -0.05) is 29.3 Å². The van der Waals surface area contributed by atoms with Gasteiger partial charge in [-0.05, 0) is 32.0 Å². The molecule has 1 amide bonds. The van der Waals surface area contributed by atoms with Gasteiger partial charge >= 0.3 is 0 Å². The van der Waals surface area contributed by atoms with E-state index in [1.807, 2.05) is 0 Å². The lowest BCUT2D eigenvalue weighted by atomic mass is 10.1. The summed E-state index contributed by atoms with van der Waals surface area (Å²) in [6, 6.07) is 6.65. The van der Waals surface area contributed by atoms with Crippen LogP contribution in [0.4, 0.5) is 0 Å². The molecule has 0 fully saturated rings. The molecule has 0 atom stereocenters. The number of hydrogen-bond donors (Lipinski definition) is 2. The summed E-state index contributed by atoms with van der Waals surface area (Å²) in [6.07, 6.45) is 1.30. The Bertz CT molecular complexity index is 699. The zero-order valence-electron chi connectivity index (χ0n) is 12.1. The summed E-state index contributed by atoms with van der Waals surface area (Å²) in [6.45, 7) is 3.33. The predicted octanol–water partition coefficient (Wildman–Crippen LogP) is 2.95. The molecule has 0 saturated carbocycles. The van der Waals surface area contributed by atoms with Crippen molar-refractivity contribution in [2.24, 2.45) is 0 Å². The molecular weight excluding hydrogens is 325 g/mol. The summed E-state index contributed by atoms with van der Waals surface area (Å²) in [5, 5.41) is 13.1. The standard InChI is InChI=1S/C15H15Cl2N3O2/c1-15(2,22)7-18-14(21)13-6-12(19-8-20-13)9-3-4-10(16)11(17)5-9/h3-6,8,22H,7H2,1-2H3,(H,18,21). The molecule has 0 unspecified atom stereocenters. The minimum Gasteiger partial charge on any atom is -0.389 e. The number of amides is 1. The van der Waals surface area contributed by atoms with Gasteiger partial charge in [0.15, 0.2) is 0 Å². The van der Waals surface area contributed by atoms with Gasteiger partial charge in [0, 0.05) is 12.1 Å². The van der Waals surface area contributed by atoms with Crippen molar-refractivity contribution < 1.29 is 9.90 Å². The first-order valence-corrected chi connectivity index (χ1v) is 7.30. The first-order chi connectivity index (χ1) is 10.3. The van der Waals surface area contributed by atoms with E-state index >= 15 is 0 Å². The summed E-state index contributed by atoms with van der Waals surface area (Å²) in [5.41, 5.74) is 0.505. The van der Waals surface area contributed by atoms with Crippen molar-refractivity contribution in [3.63, 3.8) is 0 Å². The number of benzene rings is 1. The Hall–Kier alpha value is -1.69. The molecule has 5 nitrogen and oxygen atoms in total. The van der Waals surface area contributed by atoms with E-state index in [9.17, 15) is 9.90 Å². The van der Waals surface area contributed by atoms with E-state index in [1.54, 1.807) is 38.1 Å². The fourth-order valence-corrected chi connectivity index (χ4v) is 1.98. The third kappa shape index (κ3) is 4.40. The quantitative estimate of drug-likeness (QED) is 0.897. The van der Waals surface area contributed by atoms with Gasteiger partial charge in [0.25, 0.3) is 5.91 Å². The smallest absolute Gasteiger partial charge is 0.270 e. The minimum atomic E-state index is -0.991. The lowest BCUT2D eigenvalue weighted by molar-refractivity contribution is 0.0692. The van der Waals surface area contributed by atoms with Gasteiger partial charge in [-0.25, -0.2) is 9.97 Å². The molecule has 116 valence electrons. The van der Waals surface area contributed by atoms with Crippen molar-refractivity contribution in [3.8, 4) is 11.3 Å². The molecule has 0 spiro atoms. The number of aromatic nitrogens is 2. The Balaban J connectivity index is 2.22. The SMILES string of the molecule is CC(C)(O)CNC(=O)c1cc(-c2ccc(Cl)c(Cl)c2)ncn1. The van der Waals surface area contributed by atoms with Crippen LogP contribution in [0, 0.1) is 0 Å². The molecule has 0 saturated heterocycles. The Morgan fingerprint density at radius 2 is 1.95 bits per heavy atom. The topological polar surface area (TPSA) is 75.1 Å². The molecule has 0 aliphatic rings. The van der Waals surface area contributed by atoms with Crippen LogP contribution in [0.5, 0.6) is 0 Å². The number of rotatable bonds is 4. The predicted molar refractivity (Wildman–Crippen MR) is 86.1 cm³/mol. The largest absolute Gasteiger partial charge is 0.389 e. The van der Waals surface area contributed by atoms with Crippen LogP contribution in [-0.4, -0.2) is 33.1 Å². The van der Waals surface area contributed by atoms with Crippen LogP contribution in [0.1, 0.15) is 24.3 Å². The summed E-state index contributed by atoms with van der Waals surface area (Å²) in [4.78, 5) is 20.1. The lowest BCUT2D eigenvalue weighted by Crippen LogP contribution is -2.38. The molecule has 7 heteroatoms. The summed E-state index contributed by atoms with van der Waals surface area (Å²) >= 11 is 11.9. The molecule has 1 aromatic heterocycles. The summed E-state index contributed by atoms with van der Waals surface area (Å²) < 4.78 is 0. The second kappa shape index (κ2) is 6.60. The van der Waals surface area contributed by atoms with Crippen molar-refractivity contribution in [2.45, 2.75) is 19.4 Å². The monoisotopic (exact) mass is 339 g/mol. The first kappa shape index (κ1) is 16.7. The van der Waals surface area contributed by atoms with Gasteiger partial charge in [0.2, 0.25) is 0 Å². The van der Waals surface area contributed by atoms with Gasteiger partial charge in [-0.15, -0.1) is 0 Å². The molecular formula is C15H15Cl2N3O2. The zero-order chi connectivity index (χ0) is 16.3. The third-order valence-electron chi connectivity index (χ3n) is 2.80. The normalized spacial score (nSPS) is 11.3. The van der Waals surface area contributed by atoms with E-state index in [4.69, 9.17) is 23.2 Å². The maximum absolute atomic E-state index is 12.0. The molecule has 22 heavy (non-hydrogen) atoms. The molecule has 0 aliphatic heterocycles. The van der Waals surface area contributed by atoms with Crippen molar-refractivity contribution in [1.82, 2.24) is 15.3 Å². The van der Waals surface area contributed by atoms with Gasteiger partial charge in [-0.2, -0.15) is 0 Å². The van der Waals surface area contributed by atoms with Gasteiger partial charge in [0.1, 0.15) is 12.0 Å². The van der Waals surface area contributed by atoms with E-state index in [0.717, 1.165) is 5.56 Å². The van der Waals surface area contributed by atoms with Crippen molar-refractivity contribution >= 4 is 29.1 Å². The van der Waals surface area contributed by atoms with E-state index in [2.05, 4.69) is 15.3 Å². The van der Waals surface area contributed by atoms with Crippen molar-refractivity contribution in [1.29, 1.82) is 0 Å². The average molecular weight is 340 g/mol. The number of carbonyl (C=O) groups excluding carboxylic acids is 1. The Labute approximate surface area is 138 Å². The van der Waals surface area contributed by atoms with Gasteiger partial charge < -0.3 is 10.4 Å². The van der Waals surface area contributed by atoms with Crippen LogP contribution in [0.25, 0.3) is 11.3 Å². The van der Waals surface area contributed by atoms with Crippen LogP contribution < -0.4 is 5.32 Å². The van der Waals surface area contributed by atoms with Gasteiger partial charge in [0.05, 0.1) is 21.3 Å². The fraction of sp³-hybridized carbons (Fsp3) is 0.267. The van der Waals surface area contributed by atoms with Crippen LogP contribution in [-0.2, 0) is 0 Å². The second-order valence-electron chi connectivity index (χ2n) is 5.41. The van der Waals surface area contributed by atoms with Crippen LogP contribution in [0.15, 0.2) is 30.6 Å². The number of hydrogen-bond acceptors (Lipinski definition) is 4. The number of nitrogens with one attached hydrogen (secondary N) is 1. The third-order valence-corrected chi connectivity index (χ3v) is 3.54. The lowest BCUT2D eigenvalue weighted by Gasteiger charge is -2.17. The molecule has 0 aliphatic carbocycles. The van der Waals surface area contributed by atoms with E-state index in [1.165, 1.54) is 6.33 Å². The number of nitrogens with zero attached hydrogens (tertiary/aromatic N) is 2. The highest BCUT2D eigenvalue weighted by Crippen LogP contribution is 2.27. The van der Waals surface area contributed by atoms with Crippen LogP contribution in [0.2, 0.25) is 10.0 Å². The van der Waals surface area contributed by atoms with Crippen LogP contribution >= 0.6 is 23.2 Å². The zero-order valence-corrected chi connectivity index (χ0v) is 13.6. The Kier molecular flexibility index (Phi) is 5.01. The molecule has 1 aromatic carbocycles. The van der Waals surface area contributed by atoms with Crippen molar-refractivity contribution in [2.75, 3.05) is 6.54 Å². The first-order valence-electron chi connectivity index (χ1n) is 6.54. The Morgan fingerprint density at radius 1 is 1.23 bits per heavy atom. The molecule has 2 aromatic rings. The fourth-order valence-electron chi connectivity index (χ4n) is 1.68. The maximum Gasteiger partial charge on any atom is 0.270 e. The number of halogens is 2. The Morgan fingerprint density at radius 3 is 2.59 bits per heavy atom. The average Bonchev–Trinajstić information content (AvgIpc) is 2.47. The number of aliphatic hydroxyl groups is 1. The molecule has 0 radical (unpaired) electrons. The highest BCUT2D eigenvalue weighted by Gasteiger charge is 2.16. The molecule has 2 rings (SSSR count). The van der Waals surface area contributed by atoms with E-state index in [0.29, 0.717) is 15.7 Å². The van der Waals surface area contributed by atoms with E-state index < -0.39 is 5.60 Å². The van der Waals surface area contributed by atoms with Crippen molar-refractivity contribution in [3.05, 3.63) is 46.3 Å². The molecule has 2 N–H and O–H groups in total. The molecule has 0 bridgehead atoms. The maximum atomic E-state index is 12.0. The van der Waals surface area contributed by atoms with Crippen LogP contribution in [0.3, 0.4) is 0 Å².